The fourth-order valence-corrected chi connectivity index (χ4v) is 1.80. The Kier molecular flexibility index (Phi) is 4.22. The molecule has 1 aromatic heterocycles. The number of nitrogens with zero attached hydrogens (tertiary/aromatic N) is 2. The molecule has 0 spiro atoms. The van der Waals surface area contributed by atoms with E-state index >= 15 is 0 Å². The smallest absolute Gasteiger partial charge is 0.146 e. The van der Waals surface area contributed by atoms with Crippen LogP contribution in [0.15, 0.2) is 36.5 Å². The lowest BCUT2D eigenvalue weighted by molar-refractivity contribution is 0.414. The number of rotatable bonds is 4. The van der Waals surface area contributed by atoms with Gasteiger partial charge in [-0.3, -0.25) is 0 Å². The highest BCUT2D eigenvalue weighted by atomic mass is 35.5. The van der Waals surface area contributed by atoms with Gasteiger partial charge in [0.15, 0.2) is 0 Å². The standard InChI is InChI=1S/C14H12ClN3O/c1-19-12-4-2-10(3-5-12)9-18-14-13(15)11(8-16)6-7-17-14/h2-7H,9H2,1H3,(H,17,18). The average Bonchev–Trinajstić information content (AvgIpc) is 2.47. The molecule has 0 bridgehead atoms. The number of aromatic nitrogens is 1. The molecule has 0 amide bonds. The molecule has 1 heterocycles. The second-order valence-corrected chi connectivity index (χ2v) is 4.21. The summed E-state index contributed by atoms with van der Waals surface area (Å²) in [6.45, 7) is 0.575. The van der Waals surface area contributed by atoms with Crippen molar-refractivity contribution in [2.45, 2.75) is 6.54 Å². The van der Waals surface area contributed by atoms with Crippen molar-refractivity contribution in [3.8, 4) is 11.8 Å². The number of ether oxygens (including phenoxy) is 1. The SMILES string of the molecule is COc1ccc(CNc2nccc(C#N)c2Cl)cc1. The van der Waals surface area contributed by atoms with Crippen molar-refractivity contribution in [2.24, 2.45) is 0 Å². The maximum absolute atomic E-state index is 8.88. The second kappa shape index (κ2) is 6.07. The highest BCUT2D eigenvalue weighted by Crippen LogP contribution is 2.23. The number of nitrogens with one attached hydrogen (secondary N) is 1. The summed E-state index contributed by atoms with van der Waals surface area (Å²) in [7, 11) is 1.63. The number of benzene rings is 1. The van der Waals surface area contributed by atoms with Crippen LogP contribution < -0.4 is 10.1 Å². The average molecular weight is 274 g/mol. The summed E-state index contributed by atoms with van der Waals surface area (Å²) in [6, 6.07) is 11.3. The summed E-state index contributed by atoms with van der Waals surface area (Å²) in [4.78, 5) is 4.12. The van der Waals surface area contributed by atoms with Gasteiger partial charge in [0.05, 0.1) is 12.7 Å². The van der Waals surface area contributed by atoms with E-state index in [1.807, 2.05) is 30.3 Å². The Morgan fingerprint density at radius 1 is 1.32 bits per heavy atom. The number of methoxy groups -OCH3 is 1. The van der Waals surface area contributed by atoms with Crippen LogP contribution in [0.3, 0.4) is 0 Å². The maximum atomic E-state index is 8.88. The molecule has 0 aliphatic carbocycles. The molecule has 0 atom stereocenters. The second-order valence-electron chi connectivity index (χ2n) is 3.83. The minimum atomic E-state index is 0.346. The van der Waals surface area contributed by atoms with E-state index in [0.717, 1.165) is 11.3 Å². The number of halogens is 1. The van der Waals surface area contributed by atoms with Gasteiger partial charge in [0.25, 0.3) is 0 Å². The maximum Gasteiger partial charge on any atom is 0.146 e. The van der Waals surface area contributed by atoms with Crippen LogP contribution in [0.25, 0.3) is 0 Å². The van der Waals surface area contributed by atoms with Crippen LogP contribution in [0.1, 0.15) is 11.1 Å². The van der Waals surface area contributed by atoms with Crippen LogP contribution in [0.5, 0.6) is 5.75 Å². The van der Waals surface area contributed by atoms with Gasteiger partial charge in [-0.15, -0.1) is 0 Å². The van der Waals surface area contributed by atoms with Crippen molar-refractivity contribution in [1.82, 2.24) is 4.98 Å². The van der Waals surface area contributed by atoms with Gasteiger partial charge in [-0.05, 0) is 23.8 Å². The zero-order valence-corrected chi connectivity index (χ0v) is 11.1. The summed E-state index contributed by atoms with van der Waals surface area (Å²) in [6.07, 6.45) is 1.56. The molecule has 19 heavy (non-hydrogen) atoms. The molecule has 5 heteroatoms. The van der Waals surface area contributed by atoms with Crippen LogP contribution >= 0.6 is 11.6 Å². The van der Waals surface area contributed by atoms with Crippen molar-refractivity contribution in [3.63, 3.8) is 0 Å². The van der Waals surface area contributed by atoms with E-state index < -0.39 is 0 Å². The predicted octanol–water partition coefficient (Wildman–Crippen LogP) is 3.23. The van der Waals surface area contributed by atoms with Gasteiger partial charge in [0, 0.05) is 12.7 Å². The fourth-order valence-electron chi connectivity index (χ4n) is 1.58. The third kappa shape index (κ3) is 3.15. The third-order valence-electron chi connectivity index (χ3n) is 2.63. The third-order valence-corrected chi connectivity index (χ3v) is 3.01. The minimum absolute atomic E-state index is 0.346. The minimum Gasteiger partial charge on any atom is -0.497 e. The lowest BCUT2D eigenvalue weighted by Gasteiger charge is -2.08. The van der Waals surface area contributed by atoms with Crippen LogP contribution in [0, 0.1) is 11.3 Å². The van der Waals surface area contributed by atoms with Gasteiger partial charge in [0.2, 0.25) is 0 Å². The normalized spacial score (nSPS) is 9.74. The molecule has 4 nitrogen and oxygen atoms in total. The molecule has 0 aliphatic heterocycles. The Balaban J connectivity index is 2.08. The van der Waals surface area contributed by atoms with E-state index in [9.17, 15) is 0 Å². The quantitative estimate of drug-likeness (QED) is 0.929. The van der Waals surface area contributed by atoms with Crippen molar-refractivity contribution in [1.29, 1.82) is 5.26 Å². The van der Waals surface area contributed by atoms with Gasteiger partial charge < -0.3 is 10.1 Å². The summed E-state index contributed by atoms with van der Waals surface area (Å²) in [5.41, 5.74) is 1.48. The Morgan fingerprint density at radius 3 is 2.68 bits per heavy atom. The van der Waals surface area contributed by atoms with E-state index in [0.29, 0.717) is 22.9 Å². The lowest BCUT2D eigenvalue weighted by Crippen LogP contribution is -2.02. The Labute approximate surface area is 116 Å². The van der Waals surface area contributed by atoms with E-state index in [4.69, 9.17) is 21.6 Å². The molecule has 0 fully saturated rings. The summed E-state index contributed by atoms with van der Waals surface area (Å²) >= 11 is 6.06. The fraction of sp³-hybridized carbons (Fsp3) is 0.143. The number of hydrogen-bond donors (Lipinski definition) is 1. The zero-order chi connectivity index (χ0) is 13.7. The molecule has 1 N–H and O–H groups in total. The van der Waals surface area contributed by atoms with Crippen molar-refractivity contribution >= 4 is 17.4 Å². The van der Waals surface area contributed by atoms with E-state index in [1.54, 1.807) is 19.4 Å². The van der Waals surface area contributed by atoms with Crippen LogP contribution in [0.4, 0.5) is 5.82 Å². The number of nitriles is 1. The molecule has 1 aromatic carbocycles. The Morgan fingerprint density at radius 2 is 2.05 bits per heavy atom. The molecule has 0 radical (unpaired) electrons. The first-order valence-corrected chi connectivity index (χ1v) is 6.04. The number of hydrogen-bond acceptors (Lipinski definition) is 4. The first-order chi connectivity index (χ1) is 9.24. The Hall–Kier alpha value is -2.25. The number of pyridine rings is 1. The first kappa shape index (κ1) is 13.2. The topological polar surface area (TPSA) is 57.9 Å². The highest BCUT2D eigenvalue weighted by molar-refractivity contribution is 6.34. The van der Waals surface area contributed by atoms with Crippen molar-refractivity contribution in [2.75, 3.05) is 12.4 Å². The van der Waals surface area contributed by atoms with E-state index in [2.05, 4.69) is 10.3 Å². The zero-order valence-electron chi connectivity index (χ0n) is 10.4. The van der Waals surface area contributed by atoms with Crippen LogP contribution in [0.2, 0.25) is 5.02 Å². The molecule has 2 aromatic rings. The van der Waals surface area contributed by atoms with E-state index in [1.165, 1.54) is 0 Å². The lowest BCUT2D eigenvalue weighted by atomic mass is 10.2. The van der Waals surface area contributed by atoms with E-state index in [-0.39, 0.29) is 0 Å². The van der Waals surface area contributed by atoms with Crippen molar-refractivity contribution < 1.29 is 4.74 Å². The molecule has 0 unspecified atom stereocenters. The molecule has 2 rings (SSSR count). The molecular formula is C14H12ClN3O. The summed E-state index contributed by atoms with van der Waals surface area (Å²) in [5.74, 6) is 1.32. The van der Waals surface area contributed by atoms with Gasteiger partial charge in [-0.1, -0.05) is 23.7 Å². The molecule has 0 aliphatic rings. The molecular weight excluding hydrogens is 262 g/mol. The molecule has 0 saturated heterocycles. The Bertz CT molecular complexity index is 605. The largest absolute Gasteiger partial charge is 0.497 e. The van der Waals surface area contributed by atoms with Gasteiger partial charge in [-0.2, -0.15) is 5.26 Å². The summed E-state index contributed by atoms with van der Waals surface area (Å²) < 4.78 is 5.09. The number of anilines is 1. The predicted molar refractivity (Wildman–Crippen MR) is 74.3 cm³/mol. The highest BCUT2D eigenvalue weighted by Gasteiger charge is 2.06. The molecule has 96 valence electrons. The van der Waals surface area contributed by atoms with Gasteiger partial charge >= 0.3 is 0 Å². The molecule has 0 saturated carbocycles. The van der Waals surface area contributed by atoms with Crippen molar-refractivity contribution in [3.05, 3.63) is 52.7 Å². The van der Waals surface area contributed by atoms with Gasteiger partial charge in [-0.25, -0.2) is 4.98 Å². The monoisotopic (exact) mass is 273 g/mol. The first-order valence-electron chi connectivity index (χ1n) is 5.66. The summed E-state index contributed by atoms with van der Waals surface area (Å²) in [5, 5.41) is 12.3. The van der Waals surface area contributed by atoms with Gasteiger partial charge in [0.1, 0.15) is 22.7 Å². The van der Waals surface area contributed by atoms with Crippen LogP contribution in [-0.4, -0.2) is 12.1 Å². The van der Waals surface area contributed by atoms with Crippen LogP contribution in [-0.2, 0) is 6.54 Å².